The number of hydrogen-bond donors (Lipinski definition) is 1. The van der Waals surface area contributed by atoms with E-state index in [9.17, 15) is 9.59 Å². The molecule has 0 bridgehead atoms. The highest BCUT2D eigenvalue weighted by atomic mass is 35.5. The third kappa shape index (κ3) is 6.34. The number of hydrogen-bond acceptors (Lipinski definition) is 4. The SMILES string of the molecule is CCOc1ccccc1N1CCN(C(=O)C(Cc2ccccc2)NC(=O)c2ccc(Cl)cc2)CC1. The third-order valence-electron chi connectivity index (χ3n) is 6.09. The number of rotatable bonds is 8. The Labute approximate surface area is 211 Å². The van der Waals surface area contributed by atoms with Crippen molar-refractivity contribution in [2.45, 2.75) is 19.4 Å². The van der Waals surface area contributed by atoms with E-state index in [2.05, 4.69) is 10.2 Å². The number of amides is 2. The number of piperazine rings is 1. The van der Waals surface area contributed by atoms with E-state index in [1.165, 1.54) is 0 Å². The van der Waals surface area contributed by atoms with Crippen LogP contribution in [-0.4, -0.2) is 55.5 Å². The van der Waals surface area contributed by atoms with E-state index in [0.29, 0.717) is 49.8 Å². The summed E-state index contributed by atoms with van der Waals surface area (Å²) >= 11 is 5.96. The Hall–Kier alpha value is -3.51. The summed E-state index contributed by atoms with van der Waals surface area (Å²) in [5, 5.41) is 3.52. The Kier molecular flexibility index (Phi) is 8.27. The Morgan fingerprint density at radius 3 is 2.26 bits per heavy atom. The van der Waals surface area contributed by atoms with E-state index in [4.69, 9.17) is 16.3 Å². The molecule has 6 nitrogen and oxygen atoms in total. The van der Waals surface area contributed by atoms with E-state index < -0.39 is 6.04 Å². The molecule has 1 aliphatic heterocycles. The van der Waals surface area contributed by atoms with Crippen LogP contribution < -0.4 is 15.0 Å². The first-order chi connectivity index (χ1) is 17.0. The molecule has 1 saturated heterocycles. The van der Waals surface area contributed by atoms with E-state index in [0.717, 1.165) is 17.0 Å². The van der Waals surface area contributed by atoms with Gasteiger partial charge in [0.05, 0.1) is 12.3 Å². The van der Waals surface area contributed by atoms with Gasteiger partial charge in [0.25, 0.3) is 5.91 Å². The van der Waals surface area contributed by atoms with E-state index in [-0.39, 0.29) is 11.8 Å². The van der Waals surface area contributed by atoms with Crippen LogP contribution in [0.15, 0.2) is 78.9 Å². The van der Waals surface area contributed by atoms with Crippen LogP contribution in [0.1, 0.15) is 22.8 Å². The Balaban J connectivity index is 1.46. The van der Waals surface area contributed by atoms with Crippen LogP contribution in [0.5, 0.6) is 5.75 Å². The van der Waals surface area contributed by atoms with Crippen molar-refractivity contribution in [3.63, 3.8) is 0 Å². The van der Waals surface area contributed by atoms with Gasteiger partial charge in [-0.25, -0.2) is 0 Å². The molecule has 0 radical (unpaired) electrons. The Morgan fingerprint density at radius 1 is 0.914 bits per heavy atom. The number of benzene rings is 3. The molecule has 35 heavy (non-hydrogen) atoms. The summed E-state index contributed by atoms with van der Waals surface area (Å²) in [5.74, 6) is 0.487. The highest BCUT2D eigenvalue weighted by Crippen LogP contribution is 2.29. The smallest absolute Gasteiger partial charge is 0.251 e. The first-order valence-corrected chi connectivity index (χ1v) is 12.3. The van der Waals surface area contributed by atoms with Gasteiger partial charge in [-0.05, 0) is 48.9 Å². The lowest BCUT2D eigenvalue weighted by Crippen LogP contribution is -2.55. The molecule has 0 saturated carbocycles. The van der Waals surface area contributed by atoms with Crippen LogP contribution in [0.2, 0.25) is 5.02 Å². The summed E-state index contributed by atoms with van der Waals surface area (Å²) in [7, 11) is 0. The van der Waals surface area contributed by atoms with E-state index in [1.807, 2.05) is 66.4 Å². The van der Waals surface area contributed by atoms with Crippen molar-refractivity contribution in [1.29, 1.82) is 0 Å². The van der Waals surface area contributed by atoms with Crippen LogP contribution in [0, 0.1) is 0 Å². The van der Waals surface area contributed by atoms with Gasteiger partial charge in [0.1, 0.15) is 11.8 Å². The molecule has 4 rings (SSSR count). The largest absolute Gasteiger partial charge is 0.492 e. The molecule has 0 aromatic heterocycles. The van der Waals surface area contributed by atoms with E-state index in [1.54, 1.807) is 24.3 Å². The maximum absolute atomic E-state index is 13.6. The summed E-state index contributed by atoms with van der Waals surface area (Å²) in [5.41, 5.74) is 2.50. The monoisotopic (exact) mass is 491 g/mol. The van der Waals surface area contributed by atoms with Crippen molar-refractivity contribution in [3.05, 3.63) is 95.0 Å². The van der Waals surface area contributed by atoms with Crippen molar-refractivity contribution >= 4 is 29.1 Å². The first kappa shape index (κ1) is 24.6. The summed E-state index contributed by atoms with van der Waals surface area (Å²) in [6.07, 6.45) is 0.423. The highest BCUT2D eigenvalue weighted by Gasteiger charge is 2.30. The molecular weight excluding hydrogens is 462 g/mol. The van der Waals surface area contributed by atoms with Crippen LogP contribution >= 0.6 is 11.6 Å². The molecule has 7 heteroatoms. The fourth-order valence-corrected chi connectivity index (χ4v) is 4.40. The van der Waals surface area contributed by atoms with Gasteiger partial charge in [-0.2, -0.15) is 0 Å². The van der Waals surface area contributed by atoms with Gasteiger partial charge in [0.15, 0.2) is 0 Å². The molecule has 2 amide bonds. The fourth-order valence-electron chi connectivity index (χ4n) is 4.28. The predicted octanol–water partition coefficient (Wildman–Crippen LogP) is 4.43. The van der Waals surface area contributed by atoms with Gasteiger partial charge in [-0.3, -0.25) is 9.59 Å². The lowest BCUT2D eigenvalue weighted by Gasteiger charge is -2.38. The zero-order valence-corrected chi connectivity index (χ0v) is 20.6. The number of nitrogens with zero attached hydrogens (tertiary/aromatic N) is 2. The number of ether oxygens (including phenoxy) is 1. The first-order valence-electron chi connectivity index (χ1n) is 11.9. The summed E-state index contributed by atoms with van der Waals surface area (Å²) in [6.45, 7) is 5.10. The second-order valence-corrected chi connectivity index (χ2v) is 8.87. The minimum Gasteiger partial charge on any atom is -0.492 e. The lowest BCUT2D eigenvalue weighted by atomic mass is 10.0. The van der Waals surface area contributed by atoms with Crippen LogP contribution in [-0.2, 0) is 11.2 Å². The third-order valence-corrected chi connectivity index (χ3v) is 6.34. The minimum atomic E-state index is -0.664. The van der Waals surface area contributed by atoms with Gasteiger partial charge in [0.2, 0.25) is 5.91 Å². The molecule has 1 N–H and O–H groups in total. The highest BCUT2D eigenvalue weighted by molar-refractivity contribution is 6.30. The zero-order valence-electron chi connectivity index (χ0n) is 19.8. The second-order valence-electron chi connectivity index (χ2n) is 8.44. The van der Waals surface area contributed by atoms with Crippen molar-refractivity contribution in [1.82, 2.24) is 10.2 Å². The number of nitrogens with one attached hydrogen (secondary N) is 1. The van der Waals surface area contributed by atoms with Gasteiger partial charge < -0.3 is 19.9 Å². The Bertz CT molecular complexity index is 1130. The molecule has 3 aromatic rings. The second kappa shape index (κ2) is 11.8. The van der Waals surface area contributed by atoms with Gasteiger partial charge in [0, 0.05) is 43.2 Å². The summed E-state index contributed by atoms with van der Waals surface area (Å²) in [6, 6.07) is 23.7. The molecular formula is C28H30ClN3O3. The number of halogens is 1. The van der Waals surface area contributed by atoms with Gasteiger partial charge >= 0.3 is 0 Å². The molecule has 1 unspecified atom stereocenters. The van der Waals surface area contributed by atoms with Gasteiger partial charge in [-0.15, -0.1) is 0 Å². The average molecular weight is 492 g/mol. The van der Waals surface area contributed by atoms with Crippen LogP contribution in [0.4, 0.5) is 5.69 Å². The molecule has 1 aliphatic rings. The van der Waals surface area contributed by atoms with Crippen LogP contribution in [0.3, 0.4) is 0 Å². The maximum Gasteiger partial charge on any atom is 0.251 e. The molecule has 0 aliphatic carbocycles. The lowest BCUT2D eigenvalue weighted by molar-refractivity contribution is -0.133. The number of carbonyl (C=O) groups is 2. The average Bonchev–Trinajstić information content (AvgIpc) is 2.89. The number of carbonyl (C=O) groups excluding carboxylic acids is 2. The van der Waals surface area contributed by atoms with Gasteiger partial charge in [-0.1, -0.05) is 54.1 Å². The van der Waals surface area contributed by atoms with Crippen molar-refractivity contribution in [2.24, 2.45) is 0 Å². The van der Waals surface area contributed by atoms with Crippen LogP contribution in [0.25, 0.3) is 0 Å². The van der Waals surface area contributed by atoms with Crippen molar-refractivity contribution in [3.8, 4) is 5.75 Å². The molecule has 3 aromatic carbocycles. The van der Waals surface area contributed by atoms with Crippen molar-refractivity contribution in [2.75, 3.05) is 37.7 Å². The maximum atomic E-state index is 13.6. The van der Waals surface area contributed by atoms with Crippen molar-refractivity contribution < 1.29 is 14.3 Å². The summed E-state index contributed by atoms with van der Waals surface area (Å²) < 4.78 is 5.78. The minimum absolute atomic E-state index is 0.0751. The summed E-state index contributed by atoms with van der Waals surface area (Å²) in [4.78, 5) is 30.6. The Morgan fingerprint density at radius 2 is 1.57 bits per heavy atom. The standard InChI is InChI=1S/C28H30ClN3O3/c1-2-35-26-11-7-6-10-25(26)31-16-18-32(19-17-31)28(34)24(20-21-8-4-3-5-9-21)30-27(33)22-12-14-23(29)15-13-22/h3-15,24H,2,16-20H2,1H3,(H,30,33). The zero-order chi connectivity index (χ0) is 24.6. The fraction of sp³-hybridized carbons (Fsp3) is 0.286. The molecule has 182 valence electrons. The topological polar surface area (TPSA) is 61.9 Å². The molecule has 1 fully saturated rings. The van der Waals surface area contributed by atoms with E-state index >= 15 is 0 Å². The number of anilines is 1. The normalized spacial score (nSPS) is 14.3. The molecule has 1 atom stereocenters. The quantitative estimate of drug-likeness (QED) is 0.506. The molecule has 1 heterocycles. The molecule has 0 spiro atoms. The predicted molar refractivity (Wildman–Crippen MR) is 139 cm³/mol. The number of para-hydroxylation sites is 2.